The summed E-state index contributed by atoms with van der Waals surface area (Å²) in [6, 6.07) is 1.71. The van der Waals surface area contributed by atoms with Gasteiger partial charge in [-0.3, -0.25) is 14.4 Å². The number of carbonyl (C=O) groups excluding carboxylic acids is 1. The first-order chi connectivity index (χ1) is 10.9. The number of rotatable bonds is 5. The zero-order valence-electron chi connectivity index (χ0n) is 13.4. The highest BCUT2D eigenvalue weighted by Gasteiger charge is 2.35. The van der Waals surface area contributed by atoms with Crippen LogP contribution in [0.3, 0.4) is 0 Å². The summed E-state index contributed by atoms with van der Waals surface area (Å²) in [5.41, 5.74) is 0. The molecule has 0 bridgehead atoms. The van der Waals surface area contributed by atoms with Gasteiger partial charge in [-0.25, -0.2) is 8.42 Å². The van der Waals surface area contributed by atoms with Crippen molar-refractivity contribution in [3.63, 3.8) is 0 Å². The highest BCUT2D eigenvalue weighted by molar-refractivity contribution is 7.91. The molecule has 0 spiro atoms. The molecular weight excluding hydrogens is 316 g/mol. The lowest BCUT2D eigenvalue weighted by molar-refractivity contribution is -0.126. The maximum atomic E-state index is 12.5. The zero-order chi connectivity index (χ0) is 16.4. The molecule has 128 valence electrons. The number of nitrogens with zero attached hydrogens (tertiary/aromatic N) is 3. The number of likely N-dealkylation sites (tertiary alicyclic amines) is 1. The molecule has 3 heterocycles. The van der Waals surface area contributed by atoms with Crippen LogP contribution in [0, 0.1) is 0 Å². The van der Waals surface area contributed by atoms with Crippen LogP contribution in [-0.4, -0.2) is 65.2 Å². The van der Waals surface area contributed by atoms with Gasteiger partial charge in [0.1, 0.15) is 0 Å². The molecule has 1 aromatic heterocycles. The predicted molar refractivity (Wildman–Crippen MR) is 86.6 cm³/mol. The van der Waals surface area contributed by atoms with Gasteiger partial charge in [0.25, 0.3) is 0 Å². The molecule has 2 fully saturated rings. The maximum absolute atomic E-state index is 12.5. The van der Waals surface area contributed by atoms with Crippen molar-refractivity contribution in [3.8, 4) is 0 Å². The molecule has 1 aromatic rings. The van der Waals surface area contributed by atoms with Crippen LogP contribution in [0.15, 0.2) is 18.5 Å². The summed E-state index contributed by atoms with van der Waals surface area (Å²) in [5.74, 6) is 0.180. The third-order valence-electron chi connectivity index (χ3n) is 4.84. The van der Waals surface area contributed by atoms with Crippen LogP contribution in [-0.2, 0) is 21.2 Å². The Labute approximate surface area is 137 Å². The average molecular weight is 340 g/mol. The summed E-state index contributed by atoms with van der Waals surface area (Å²) in [7, 11) is -2.97. The van der Waals surface area contributed by atoms with Crippen molar-refractivity contribution in [1.29, 1.82) is 0 Å². The van der Waals surface area contributed by atoms with Crippen molar-refractivity contribution in [1.82, 2.24) is 20.0 Å². The minimum absolute atomic E-state index is 0.0699. The van der Waals surface area contributed by atoms with Crippen LogP contribution in [0.25, 0.3) is 0 Å². The average Bonchev–Trinajstić information content (AvgIpc) is 3.21. The van der Waals surface area contributed by atoms with Gasteiger partial charge in [-0.1, -0.05) is 0 Å². The van der Waals surface area contributed by atoms with E-state index in [1.807, 2.05) is 23.9 Å². The zero-order valence-corrected chi connectivity index (χ0v) is 14.2. The molecule has 3 rings (SSSR count). The Morgan fingerprint density at radius 1 is 1.43 bits per heavy atom. The number of nitrogens with one attached hydrogen (secondary N) is 1. The number of carbonyl (C=O) groups is 1. The lowest BCUT2D eigenvalue weighted by atomic mass is 10.1. The Hall–Kier alpha value is -1.41. The molecular formula is C15H24N4O3S. The van der Waals surface area contributed by atoms with E-state index >= 15 is 0 Å². The van der Waals surface area contributed by atoms with Crippen molar-refractivity contribution in [2.75, 3.05) is 18.1 Å². The summed E-state index contributed by atoms with van der Waals surface area (Å²) < 4.78 is 24.9. The summed E-state index contributed by atoms with van der Waals surface area (Å²) in [6.07, 6.45) is 6.34. The SMILES string of the molecule is C[C@H](C(=O)N[C@@H]1CCS(=O)(=O)C1)N1CCC[C@@H]1Cn1cccn1. The van der Waals surface area contributed by atoms with Crippen LogP contribution in [0.1, 0.15) is 26.2 Å². The number of amides is 1. The topological polar surface area (TPSA) is 84.3 Å². The first kappa shape index (κ1) is 16.4. The van der Waals surface area contributed by atoms with E-state index in [-0.39, 0.29) is 29.5 Å². The third kappa shape index (κ3) is 3.92. The second kappa shape index (κ2) is 6.60. The third-order valence-corrected chi connectivity index (χ3v) is 6.60. The molecule has 3 atom stereocenters. The number of aromatic nitrogens is 2. The predicted octanol–water partition coefficient (Wildman–Crippen LogP) is 0.0393. The molecule has 2 saturated heterocycles. The van der Waals surface area contributed by atoms with E-state index < -0.39 is 9.84 Å². The maximum Gasteiger partial charge on any atom is 0.237 e. The molecule has 23 heavy (non-hydrogen) atoms. The fourth-order valence-corrected chi connectivity index (χ4v) is 5.24. The molecule has 0 saturated carbocycles. The first-order valence-corrected chi connectivity index (χ1v) is 10.0. The minimum atomic E-state index is -2.97. The van der Waals surface area contributed by atoms with Crippen LogP contribution in [0.5, 0.6) is 0 Å². The van der Waals surface area contributed by atoms with Crippen molar-refractivity contribution < 1.29 is 13.2 Å². The smallest absolute Gasteiger partial charge is 0.237 e. The standard InChI is InChI=1S/C15H24N4O3S/c1-12(15(20)17-13-5-9-23(21,22)11-13)19-8-2-4-14(19)10-18-7-3-6-16-18/h3,6-7,12-14H,2,4-5,8-11H2,1H3,(H,17,20)/t12-,13-,14-/m1/s1. The molecule has 8 heteroatoms. The highest BCUT2D eigenvalue weighted by Crippen LogP contribution is 2.22. The van der Waals surface area contributed by atoms with Gasteiger partial charge in [0, 0.05) is 24.5 Å². The first-order valence-electron chi connectivity index (χ1n) is 8.18. The molecule has 1 amide bonds. The number of hydrogen-bond acceptors (Lipinski definition) is 5. The Balaban J connectivity index is 1.57. The fourth-order valence-electron chi connectivity index (χ4n) is 3.57. The summed E-state index contributed by atoms with van der Waals surface area (Å²) >= 11 is 0. The van der Waals surface area contributed by atoms with Gasteiger partial charge in [0.2, 0.25) is 5.91 Å². The largest absolute Gasteiger partial charge is 0.351 e. The molecule has 0 aliphatic carbocycles. The van der Waals surface area contributed by atoms with E-state index in [1.54, 1.807) is 6.20 Å². The Bertz CT molecular complexity index is 644. The van der Waals surface area contributed by atoms with Crippen molar-refractivity contribution in [2.24, 2.45) is 0 Å². The van der Waals surface area contributed by atoms with Gasteiger partial charge in [-0.15, -0.1) is 0 Å². The Morgan fingerprint density at radius 2 is 2.26 bits per heavy atom. The van der Waals surface area contributed by atoms with Crippen LogP contribution < -0.4 is 5.32 Å². The molecule has 2 aliphatic heterocycles. The van der Waals surface area contributed by atoms with E-state index in [0.29, 0.717) is 12.5 Å². The van der Waals surface area contributed by atoms with E-state index in [0.717, 1.165) is 25.9 Å². The van der Waals surface area contributed by atoms with E-state index in [9.17, 15) is 13.2 Å². The van der Waals surface area contributed by atoms with Gasteiger partial charge in [-0.05, 0) is 38.8 Å². The fraction of sp³-hybridized carbons (Fsp3) is 0.733. The summed E-state index contributed by atoms with van der Waals surface area (Å²) in [4.78, 5) is 14.7. The van der Waals surface area contributed by atoms with Gasteiger partial charge in [0.05, 0.1) is 24.1 Å². The van der Waals surface area contributed by atoms with E-state index in [1.165, 1.54) is 0 Å². The molecule has 7 nitrogen and oxygen atoms in total. The van der Waals surface area contributed by atoms with Crippen molar-refractivity contribution in [3.05, 3.63) is 18.5 Å². The lowest BCUT2D eigenvalue weighted by Crippen LogP contribution is -2.50. The lowest BCUT2D eigenvalue weighted by Gasteiger charge is -2.30. The molecule has 1 N–H and O–H groups in total. The van der Waals surface area contributed by atoms with Crippen LogP contribution in [0.4, 0.5) is 0 Å². The molecule has 0 aromatic carbocycles. The van der Waals surface area contributed by atoms with Crippen LogP contribution in [0.2, 0.25) is 0 Å². The molecule has 0 radical (unpaired) electrons. The highest BCUT2D eigenvalue weighted by atomic mass is 32.2. The van der Waals surface area contributed by atoms with E-state index in [2.05, 4.69) is 15.3 Å². The Morgan fingerprint density at radius 3 is 2.91 bits per heavy atom. The van der Waals surface area contributed by atoms with Crippen molar-refractivity contribution in [2.45, 2.75) is 50.9 Å². The quantitative estimate of drug-likeness (QED) is 0.818. The van der Waals surface area contributed by atoms with Gasteiger partial charge >= 0.3 is 0 Å². The second-order valence-electron chi connectivity index (χ2n) is 6.55. The molecule has 0 unspecified atom stereocenters. The molecule has 2 aliphatic rings. The monoisotopic (exact) mass is 340 g/mol. The van der Waals surface area contributed by atoms with Crippen LogP contribution >= 0.6 is 0 Å². The normalized spacial score (nSPS) is 28.7. The summed E-state index contributed by atoms with van der Waals surface area (Å²) in [5, 5.41) is 7.15. The minimum Gasteiger partial charge on any atom is -0.351 e. The van der Waals surface area contributed by atoms with Gasteiger partial charge in [0.15, 0.2) is 9.84 Å². The Kier molecular flexibility index (Phi) is 4.72. The second-order valence-corrected chi connectivity index (χ2v) is 8.78. The van der Waals surface area contributed by atoms with Gasteiger partial charge < -0.3 is 5.32 Å². The number of hydrogen-bond donors (Lipinski definition) is 1. The summed E-state index contributed by atoms with van der Waals surface area (Å²) in [6.45, 7) is 3.58. The van der Waals surface area contributed by atoms with Crippen molar-refractivity contribution >= 4 is 15.7 Å². The number of sulfone groups is 1. The van der Waals surface area contributed by atoms with Gasteiger partial charge in [-0.2, -0.15) is 5.10 Å². The van der Waals surface area contributed by atoms with E-state index in [4.69, 9.17) is 0 Å².